The third kappa shape index (κ3) is 3.14. The van der Waals surface area contributed by atoms with Crippen LogP contribution in [-0.2, 0) is 0 Å². The normalized spacial score (nSPS) is 11.4. The number of methoxy groups -OCH3 is 3. The molecular weight excluding hydrogens is 249 g/mol. The minimum absolute atomic E-state index is 0. The molecule has 0 bridgehead atoms. The summed E-state index contributed by atoms with van der Waals surface area (Å²) in [7, 11) is 4.49. The number of alkyl halides is 1. The summed E-state index contributed by atoms with van der Waals surface area (Å²) in [6.45, 7) is -0.661. The average Bonchev–Trinajstić information content (AvgIpc) is 2.35. The van der Waals surface area contributed by atoms with Crippen LogP contribution in [0.3, 0.4) is 0 Å². The van der Waals surface area contributed by atoms with Crippen LogP contribution < -0.4 is 19.9 Å². The Morgan fingerprint density at radius 1 is 1.12 bits per heavy atom. The Morgan fingerprint density at radius 3 is 2.12 bits per heavy atom. The highest BCUT2D eigenvalue weighted by atomic mass is 35.5. The van der Waals surface area contributed by atoms with Gasteiger partial charge in [0.15, 0.2) is 11.5 Å². The molecule has 0 amide bonds. The van der Waals surface area contributed by atoms with Gasteiger partial charge in [-0.05, 0) is 12.1 Å². The molecule has 17 heavy (non-hydrogen) atoms. The van der Waals surface area contributed by atoms with Crippen molar-refractivity contribution < 1.29 is 18.6 Å². The van der Waals surface area contributed by atoms with E-state index in [0.29, 0.717) is 22.8 Å². The molecule has 1 aromatic carbocycles. The molecule has 0 unspecified atom stereocenters. The second-order valence-electron chi connectivity index (χ2n) is 3.18. The zero-order chi connectivity index (χ0) is 12.1. The highest BCUT2D eigenvalue weighted by Gasteiger charge is 2.19. The van der Waals surface area contributed by atoms with Crippen molar-refractivity contribution >= 4 is 12.4 Å². The third-order valence-electron chi connectivity index (χ3n) is 2.30. The first-order valence-electron chi connectivity index (χ1n) is 4.80. The van der Waals surface area contributed by atoms with Crippen molar-refractivity contribution in [3.63, 3.8) is 0 Å². The summed E-state index contributed by atoms with van der Waals surface area (Å²) in [6, 6.07) is 2.62. The molecule has 1 aromatic rings. The lowest BCUT2D eigenvalue weighted by atomic mass is 10.1. The van der Waals surface area contributed by atoms with Gasteiger partial charge in [0.05, 0.1) is 27.4 Å². The Balaban J connectivity index is 0.00000256. The highest BCUT2D eigenvalue weighted by Crippen LogP contribution is 2.41. The zero-order valence-electron chi connectivity index (χ0n) is 10.0. The monoisotopic (exact) mass is 265 g/mol. The van der Waals surface area contributed by atoms with Gasteiger partial charge in [0.2, 0.25) is 5.75 Å². The lowest BCUT2D eigenvalue weighted by Crippen LogP contribution is -2.14. The molecule has 0 aliphatic heterocycles. The number of benzene rings is 1. The third-order valence-corrected chi connectivity index (χ3v) is 2.30. The summed E-state index contributed by atoms with van der Waals surface area (Å²) in [6.07, 6.45) is 0. The van der Waals surface area contributed by atoms with Crippen molar-refractivity contribution in [1.82, 2.24) is 0 Å². The SMILES string of the molecule is COc1ccc([C@@H](N)CF)c(OC)c1OC.Cl. The number of hydrogen-bond acceptors (Lipinski definition) is 4. The number of nitrogens with two attached hydrogens (primary N) is 1. The summed E-state index contributed by atoms with van der Waals surface area (Å²) in [5, 5.41) is 0. The van der Waals surface area contributed by atoms with E-state index in [1.165, 1.54) is 21.3 Å². The van der Waals surface area contributed by atoms with Crippen molar-refractivity contribution in [1.29, 1.82) is 0 Å². The fourth-order valence-electron chi connectivity index (χ4n) is 1.50. The lowest BCUT2D eigenvalue weighted by Gasteiger charge is -2.17. The molecule has 4 nitrogen and oxygen atoms in total. The van der Waals surface area contributed by atoms with Gasteiger partial charge in [-0.3, -0.25) is 0 Å². The van der Waals surface area contributed by atoms with E-state index in [4.69, 9.17) is 19.9 Å². The van der Waals surface area contributed by atoms with Crippen LogP contribution in [0.15, 0.2) is 12.1 Å². The predicted octanol–water partition coefficient (Wildman–Crippen LogP) is 2.10. The van der Waals surface area contributed by atoms with Crippen molar-refractivity contribution in [2.24, 2.45) is 5.73 Å². The van der Waals surface area contributed by atoms with E-state index in [0.717, 1.165) is 0 Å². The van der Waals surface area contributed by atoms with Crippen LogP contribution >= 0.6 is 12.4 Å². The number of rotatable bonds is 5. The lowest BCUT2D eigenvalue weighted by molar-refractivity contribution is 0.318. The summed E-state index contributed by atoms with van der Waals surface area (Å²) in [4.78, 5) is 0. The van der Waals surface area contributed by atoms with Gasteiger partial charge in [-0.15, -0.1) is 12.4 Å². The van der Waals surface area contributed by atoms with Gasteiger partial charge in [-0.1, -0.05) is 0 Å². The first-order valence-corrected chi connectivity index (χ1v) is 4.80. The fraction of sp³-hybridized carbons (Fsp3) is 0.455. The Morgan fingerprint density at radius 2 is 1.71 bits per heavy atom. The van der Waals surface area contributed by atoms with Gasteiger partial charge in [-0.2, -0.15) is 0 Å². The van der Waals surface area contributed by atoms with Gasteiger partial charge in [0, 0.05) is 5.56 Å². The number of halogens is 2. The molecule has 0 saturated heterocycles. The van der Waals surface area contributed by atoms with E-state index in [9.17, 15) is 4.39 Å². The largest absolute Gasteiger partial charge is 0.493 e. The number of ether oxygens (including phenoxy) is 3. The van der Waals surface area contributed by atoms with E-state index in [1.807, 2.05) is 0 Å². The van der Waals surface area contributed by atoms with Crippen LogP contribution in [0.5, 0.6) is 17.2 Å². The maximum absolute atomic E-state index is 12.6. The maximum atomic E-state index is 12.6. The van der Waals surface area contributed by atoms with Crippen molar-refractivity contribution in [2.75, 3.05) is 28.0 Å². The number of hydrogen-bond donors (Lipinski definition) is 1. The van der Waals surface area contributed by atoms with Gasteiger partial charge in [-0.25, -0.2) is 4.39 Å². The topological polar surface area (TPSA) is 53.7 Å². The van der Waals surface area contributed by atoms with Gasteiger partial charge in [0.1, 0.15) is 6.67 Å². The van der Waals surface area contributed by atoms with E-state index in [2.05, 4.69) is 0 Å². The van der Waals surface area contributed by atoms with E-state index in [-0.39, 0.29) is 12.4 Å². The molecular formula is C11H17ClFNO3. The van der Waals surface area contributed by atoms with E-state index in [1.54, 1.807) is 12.1 Å². The maximum Gasteiger partial charge on any atom is 0.203 e. The summed E-state index contributed by atoms with van der Waals surface area (Å²) >= 11 is 0. The van der Waals surface area contributed by atoms with Crippen LogP contribution in [0, 0.1) is 0 Å². The minimum Gasteiger partial charge on any atom is -0.493 e. The van der Waals surface area contributed by atoms with Gasteiger partial charge in [0.25, 0.3) is 0 Å². The molecule has 6 heteroatoms. The van der Waals surface area contributed by atoms with Crippen LogP contribution in [-0.4, -0.2) is 28.0 Å². The Labute approximate surface area is 106 Å². The molecule has 1 atom stereocenters. The van der Waals surface area contributed by atoms with Crippen molar-refractivity contribution in [2.45, 2.75) is 6.04 Å². The first kappa shape index (κ1) is 15.8. The first-order chi connectivity index (χ1) is 7.69. The second-order valence-corrected chi connectivity index (χ2v) is 3.18. The Bertz CT molecular complexity index is 363. The average molecular weight is 266 g/mol. The molecule has 0 radical (unpaired) electrons. The van der Waals surface area contributed by atoms with Crippen LogP contribution in [0.1, 0.15) is 11.6 Å². The van der Waals surface area contributed by atoms with Gasteiger partial charge < -0.3 is 19.9 Å². The van der Waals surface area contributed by atoms with E-state index >= 15 is 0 Å². The zero-order valence-corrected chi connectivity index (χ0v) is 10.8. The van der Waals surface area contributed by atoms with Gasteiger partial charge >= 0.3 is 0 Å². The summed E-state index contributed by atoms with van der Waals surface area (Å²) in [5.74, 6) is 1.35. The minimum atomic E-state index is -0.727. The Kier molecular flexibility index (Phi) is 6.68. The van der Waals surface area contributed by atoms with Crippen LogP contribution in [0.25, 0.3) is 0 Å². The molecule has 0 aromatic heterocycles. The van der Waals surface area contributed by atoms with Crippen LogP contribution in [0.2, 0.25) is 0 Å². The van der Waals surface area contributed by atoms with Crippen molar-refractivity contribution in [3.05, 3.63) is 17.7 Å². The smallest absolute Gasteiger partial charge is 0.203 e. The molecule has 98 valence electrons. The Hall–Kier alpha value is -1.20. The molecule has 0 spiro atoms. The quantitative estimate of drug-likeness (QED) is 0.886. The fourth-order valence-corrected chi connectivity index (χ4v) is 1.50. The summed E-state index contributed by atoms with van der Waals surface area (Å²) in [5.41, 5.74) is 6.19. The molecule has 1 rings (SSSR count). The highest BCUT2D eigenvalue weighted by molar-refractivity contribution is 5.85. The molecule has 0 heterocycles. The second kappa shape index (κ2) is 7.19. The standard InChI is InChI=1S/C11H16FNO3.ClH/c1-14-9-5-4-7(8(13)6-12)10(15-2)11(9)16-3;/h4-5,8H,6,13H2,1-3H3;1H/t8-;/m0./s1. The molecule has 0 saturated carbocycles. The van der Waals surface area contributed by atoms with Crippen molar-refractivity contribution in [3.8, 4) is 17.2 Å². The molecule has 0 aliphatic carbocycles. The van der Waals surface area contributed by atoms with E-state index < -0.39 is 12.7 Å². The molecule has 0 fully saturated rings. The van der Waals surface area contributed by atoms with Crippen LogP contribution in [0.4, 0.5) is 4.39 Å². The molecule has 0 aliphatic rings. The predicted molar refractivity (Wildman–Crippen MR) is 66.2 cm³/mol. The molecule has 2 N–H and O–H groups in total. The summed E-state index contributed by atoms with van der Waals surface area (Å²) < 4.78 is 28.0.